The minimum Gasteiger partial charge on any atom is -0.309 e. The summed E-state index contributed by atoms with van der Waals surface area (Å²) in [6.45, 7) is 7.88. The van der Waals surface area contributed by atoms with Crippen LogP contribution in [0.4, 0.5) is 0 Å². The maximum absolute atomic E-state index is 3.64. The highest BCUT2D eigenvalue weighted by Crippen LogP contribution is 2.15. The first-order valence-electron chi connectivity index (χ1n) is 6.66. The third kappa shape index (κ3) is 3.55. The van der Waals surface area contributed by atoms with E-state index in [-0.39, 0.29) is 0 Å². The van der Waals surface area contributed by atoms with E-state index in [0.717, 1.165) is 6.54 Å². The second kappa shape index (κ2) is 5.65. The van der Waals surface area contributed by atoms with Crippen LogP contribution in [0.2, 0.25) is 0 Å². The largest absolute Gasteiger partial charge is 0.309 e. The molecule has 1 aliphatic heterocycles. The molecule has 1 saturated heterocycles. The Bertz CT molecular complexity index is 342. The van der Waals surface area contributed by atoms with Crippen LogP contribution in [0.15, 0.2) is 24.3 Å². The zero-order valence-electron chi connectivity index (χ0n) is 11.2. The van der Waals surface area contributed by atoms with Gasteiger partial charge in [-0.3, -0.25) is 0 Å². The lowest BCUT2D eigenvalue weighted by Gasteiger charge is -2.13. The van der Waals surface area contributed by atoms with Crippen LogP contribution in [0.25, 0.3) is 0 Å². The summed E-state index contributed by atoms with van der Waals surface area (Å²) in [5.74, 6) is 0.625. The van der Waals surface area contributed by atoms with Gasteiger partial charge in [0.1, 0.15) is 0 Å². The minimum atomic E-state index is 0.625. The Morgan fingerprint density at radius 2 is 2.00 bits per heavy atom. The van der Waals surface area contributed by atoms with Crippen molar-refractivity contribution in [2.45, 2.75) is 38.8 Å². The van der Waals surface area contributed by atoms with E-state index in [2.05, 4.69) is 55.4 Å². The van der Waals surface area contributed by atoms with Gasteiger partial charge in [-0.2, -0.15) is 0 Å². The molecule has 1 atom stereocenters. The molecule has 0 aliphatic carbocycles. The van der Waals surface area contributed by atoms with Gasteiger partial charge in [-0.05, 0) is 37.1 Å². The molecule has 2 rings (SSSR count). The fraction of sp³-hybridized carbons (Fsp3) is 0.600. The monoisotopic (exact) mass is 232 g/mol. The first kappa shape index (κ1) is 12.6. The molecular weight excluding hydrogens is 208 g/mol. The van der Waals surface area contributed by atoms with Crippen molar-refractivity contribution >= 4 is 0 Å². The Balaban J connectivity index is 1.83. The molecule has 0 amide bonds. The van der Waals surface area contributed by atoms with Crippen molar-refractivity contribution in [2.24, 2.45) is 0 Å². The van der Waals surface area contributed by atoms with E-state index in [4.69, 9.17) is 0 Å². The maximum atomic E-state index is 3.64. The van der Waals surface area contributed by atoms with Crippen LogP contribution in [0.3, 0.4) is 0 Å². The zero-order valence-corrected chi connectivity index (χ0v) is 11.2. The van der Waals surface area contributed by atoms with E-state index in [1.807, 2.05) is 0 Å². The van der Waals surface area contributed by atoms with Crippen LogP contribution in [-0.4, -0.2) is 31.1 Å². The third-order valence-corrected chi connectivity index (χ3v) is 3.63. The van der Waals surface area contributed by atoms with Crippen molar-refractivity contribution in [3.8, 4) is 0 Å². The SMILES string of the molecule is CC(C)c1ccc(CNC2CCN(C)C2)cc1. The van der Waals surface area contributed by atoms with Gasteiger partial charge in [-0.1, -0.05) is 38.1 Å². The number of likely N-dealkylation sites (N-methyl/N-ethyl adjacent to an activating group) is 1. The topological polar surface area (TPSA) is 15.3 Å². The smallest absolute Gasteiger partial charge is 0.0210 e. The molecule has 0 spiro atoms. The average Bonchev–Trinajstić information content (AvgIpc) is 2.73. The van der Waals surface area contributed by atoms with Crippen molar-refractivity contribution in [1.82, 2.24) is 10.2 Å². The lowest BCUT2D eigenvalue weighted by Crippen LogP contribution is -2.30. The van der Waals surface area contributed by atoms with Crippen molar-refractivity contribution < 1.29 is 0 Å². The Kier molecular flexibility index (Phi) is 4.19. The van der Waals surface area contributed by atoms with Gasteiger partial charge in [0, 0.05) is 19.1 Å². The van der Waals surface area contributed by atoms with E-state index >= 15 is 0 Å². The van der Waals surface area contributed by atoms with E-state index in [1.165, 1.54) is 30.6 Å². The molecule has 2 heteroatoms. The van der Waals surface area contributed by atoms with E-state index < -0.39 is 0 Å². The first-order chi connectivity index (χ1) is 8.15. The summed E-state index contributed by atoms with van der Waals surface area (Å²) in [6, 6.07) is 9.68. The zero-order chi connectivity index (χ0) is 12.3. The molecule has 0 radical (unpaired) electrons. The highest BCUT2D eigenvalue weighted by atomic mass is 15.2. The number of likely N-dealkylation sites (tertiary alicyclic amines) is 1. The van der Waals surface area contributed by atoms with Crippen LogP contribution in [0, 0.1) is 0 Å². The van der Waals surface area contributed by atoms with Gasteiger partial charge in [-0.15, -0.1) is 0 Å². The van der Waals surface area contributed by atoms with Crippen LogP contribution >= 0.6 is 0 Å². The molecule has 1 aromatic rings. The number of nitrogens with one attached hydrogen (secondary N) is 1. The van der Waals surface area contributed by atoms with Gasteiger partial charge in [0.2, 0.25) is 0 Å². The van der Waals surface area contributed by atoms with Gasteiger partial charge < -0.3 is 10.2 Å². The molecule has 17 heavy (non-hydrogen) atoms. The molecule has 1 heterocycles. The van der Waals surface area contributed by atoms with Gasteiger partial charge in [-0.25, -0.2) is 0 Å². The summed E-state index contributed by atoms with van der Waals surface area (Å²) in [6.07, 6.45) is 1.28. The molecule has 1 unspecified atom stereocenters. The molecular formula is C15H24N2. The first-order valence-corrected chi connectivity index (χ1v) is 6.66. The fourth-order valence-corrected chi connectivity index (χ4v) is 2.38. The predicted octanol–water partition coefficient (Wildman–Crippen LogP) is 2.60. The third-order valence-electron chi connectivity index (χ3n) is 3.63. The maximum Gasteiger partial charge on any atom is 0.0210 e. The van der Waals surface area contributed by atoms with Gasteiger partial charge in [0.05, 0.1) is 0 Å². The van der Waals surface area contributed by atoms with Crippen molar-refractivity contribution in [2.75, 3.05) is 20.1 Å². The van der Waals surface area contributed by atoms with Crippen molar-refractivity contribution in [3.63, 3.8) is 0 Å². The summed E-state index contributed by atoms with van der Waals surface area (Å²) in [5, 5.41) is 3.64. The summed E-state index contributed by atoms with van der Waals surface area (Å²) >= 11 is 0. The van der Waals surface area contributed by atoms with Crippen LogP contribution in [-0.2, 0) is 6.54 Å². The summed E-state index contributed by atoms with van der Waals surface area (Å²) < 4.78 is 0. The van der Waals surface area contributed by atoms with Crippen LogP contribution in [0.5, 0.6) is 0 Å². The molecule has 1 N–H and O–H groups in total. The number of rotatable bonds is 4. The molecule has 2 nitrogen and oxygen atoms in total. The van der Waals surface area contributed by atoms with Crippen molar-refractivity contribution in [1.29, 1.82) is 0 Å². The minimum absolute atomic E-state index is 0.625. The van der Waals surface area contributed by atoms with E-state index in [9.17, 15) is 0 Å². The second-order valence-corrected chi connectivity index (χ2v) is 5.53. The van der Waals surface area contributed by atoms with Gasteiger partial charge in [0.15, 0.2) is 0 Å². The predicted molar refractivity (Wildman–Crippen MR) is 73.3 cm³/mol. The molecule has 0 aromatic heterocycles. The van der Waals surface area contributed by atoms with E-state index in [0.29, 0.717) is 12.0 Å². The van der Waals surface area contributed by atoms with Crippen LogP contribution in [0.1, 0.15) is 37.3 Å². The molecule has 94 valence electrons. The second-order valence-electron chi connectivity index (χ2n) is 5.53. The molecule has 1 fully saturated rings. The number of benzene rings is 1. The normalized spacial score (nSPS) is 21.3. The Morgan fingerprint density at radius 3 is 2.53 bits per heavy atom. The van der Waals surface area contributed by atoms with Crippen LogP contribution < -0.4 is 5.32 Å². The standard InChI is InChI=1S/C15H24N2/c1-12(2)14-6-4-13(5-7-14)10-16-15-8-9-17(3)11-15/h4-7,12,15-16H,8-11H2,1-3H3. The Hall–Kier alpha value is -0.860. The summed E-state index contributed by atoms with van der Waals surface area (Å²) in [5.41, 5.74) is 2.82. The molecule has 0 saturated carbocycles. The Labute approximate surface area is 105 Å². The highest BCUT2D eigenvalue weighted by molar-refractivity contribution is 5.24. The van der Waals surface area contributed by atoms with Gasteiger partial charge >= 0.3 is 0 Å². The quantitative estimate of drug-likeness (QED) is 0.858. The highest BCUT2D eigenvalue weighted by Gasteiger charge is 2.18. The lowest BCUT2D eigenvalue weighted by atomic mass is 10.0. The number of hydrogen-bond acceptors (Lipinski definition) is 2. The lowest BCUT2D eigenvalue weighted by molar-refractivity contribution is 0.397. The molecule has 1 aliphatic rings. The molecule has 0 bridgehead atoms. The fourth-order valence-electron chi connectivity index (χ4n) is 2.38. The van der Waals surface area contributed by atoms with Gasteiger partial charge in [0.25, 0.3) is 0 Å². The number of nitrogens with zero attached hydrogens (tertiary/aromatic N) is 1. The van der Waals surface area contributed by atoms with E-state index in [1.54, 1.807) is 0 Å². The van der Waals surface area contributed by atoms with Crippen molar-refractivity contribution in [3.05, 3.63) is 35.4 Å². The average molecular weight is 232 g/mol. The number of hydrogen-bond donors (Lipinski definition) is 1. The summed E-state index contributed by atoms with van der Waals surface area (Å²) in [7, 11) is 2.19. The molecule has 1 aromatic carbocycles. The summed E-state index contributed by atoms with van der Waals surface area (Å²) in [4.78, 5) is 2.39. The Morgan fingerprint density at radius 1 is 1.29 bits per heavy atom.